The third-order valence-corrected chi connectivity index (χ3v) is 10.1. The largest absolute Gasteiger partial charge is 0.435 e. The molecule has 0 saturated heterocycles. The van der Waals surface area contributed by atoms with Gasteiger partial charge in [0.2, 0.25) is 0 Å². The van der Waals surface area contributed by atoms with Crippen molar-refractivity contribution in [3.8, 4) is 22.4 Å². The van der Waals surface area contributed by atoms with E-state index >= 15 is 0 Å². The van der Waals surface area contributed by atoms with Crippen molar-refractivity contribution in [2.45, 2.75) is 43.0 Å². The summed E-state index contributed by atoms with van der Waals surface area (Å²) in [6, 6.07) is 26.4. The van der Waals surface area contributed by atoms with E-state index in [9.17, 15) is 27.9 Å². The number of alkyl halides is 3. The molecule has 8 nitrogen and oxygen atoms in total. The molecule has 0 atom stereocenters. The van der Waals surface area contributed by atoms with Crippen molar-refractivity contribution < 1.29 is 27.9 Å². The molecule has 11 heteroatoms. The summed E-state index contributed by atoms with van der Waals surface area (Å²) in [4.78, 5) is 37.9. The number of pyridine rings is 1. The molecule has 3 aliphatic rings. The maximum absolute atomic E-state index is 13.7. The summed E-state index contributed by atoms with van der Waals surface area (Å²) in [5, 5.41) is 15.8. The fourth-order valence-electron chi connectivity index (χ4n) is 7.61. The SMILES string of the molecule is O=C1c2ccccc2C(=O)N1[C@]1(c2ccc(-c3nc4c(cnc5cc(C(F)(F)F)nn54)cc3-c3ccccc3)cc2)C[C@@](O)(C2CC2)C1. The van der Waals surface area contributed by atoms with Crippen LogP contribution in [0.15, 0.2) is 97.2 Å². The quantitative estimate of drug-likeness (QED) is 0.202. The maximum atomic E-state index is 13.7. The summed E-state index contributed by atoms with van der Waals surface area (Å²) < 4.78 is 41.8. The second-order valence-corrected chi connectivity index (χ2v) is 13.1. The van der Waals surface area contributed by atoms with Gasteiger partial charge in [0.25, 0.3) is 11.8 Å². The zero-order valence-corrected chi connectivity index (χ0v) is 25.3. The molecule has 2 fully saturated rings. The summed E-state index contributed by atoms with van der Waals surface area (Å²) in [6.45, 7) is 0. The normalized spacial score (nSPS) is 22.4. The van der Waals surface area contributed by atoms with Crippen LogP contribution in [0.3, 0.4) is 0 Å². The standard InChI is InChI=1S/C37H26F3N5O3/c38-37(39,40)29-17-30-41-18-23-16-28(21-6-2-1-3-7-21)31(42-32(23)45(30)43-29)22-10-12-24(13-11-22)35(19-36(48,20-35)25-14-15-25)44-33(46)26-8-4-5-9-27(26)34(44)47/h1-13,16-18,25,48H,14-15,19-20H2/t35-,36+. The van der Waals surface area contributed by atoms with Gasteiger partial charge in [0, 0.05) is 41.6 Å². The average molecular weight is 646 g/mol. The predicted octanol–water partition coefficient (Wildman–Crippen LogP) is 7.06. The second kappa shape index (κ2) is 9.80. The van der Waals surface area contributed by atoms with E-state index in [1.54, 1.807) is 24.3 Å². The first-order valence-corrected chi connectivity index (χ1v) is 15.7. The zero-order chi connectivity index (χ0) is 33.0. The number of halogens is 3. The van der Waals surface area contributed by atoms with Crippen molar-refractivity contribution in [3.63, 3.8) is 0 Å². The van der Waals surface area contributed by atoms with Crippen molar-refractivity contribution in [1.82, 2.24) is 24.5 Å². The summed E-state index contributed by atoms with van der Waals surface area (Å²) in [5.74, 6) is -0.618. The minimum absolute atomic E-state index is 0.0205. The number of amides is 2. The van der Waals surface area contributed by atoms with Crippen LogP contribution in [0.5, 0.6) is 0 Å². The topological polar surface area (TPSA) is 101 Å². The number of imide groups is 1. The lowest BCUT2D eigenvalue weighted by Gasteiger charge is -2.57. The molecule has 1 aliphatic heterocycles. The van der Waals surface area contributed by atoms with Crippen LogP contribution >= 0.6 is 0 Å². The van der Waals surface area contributed by atoms with Gasteiger partial charge in [-0.25, -0.2) is 9.97 Å². The minimum Gasteiger partial charge on any atom is -0.389 e. The smallest absolute Gasteiger partial charge is 0.389 e. The van der Waals surface area contributed by atoms with E-state index in [0.717, 1.165) is 34.6 Å². The number of rotatable bonds is 5. The summed E-state index contributed by atoms with van der Waals surface area (Å²) in [7, 11) is 0. The number of fused-ring (bicyclic) bond motifs is 4. The molecule has 238 valence electrons. The lowest BCUT2D eigenvalue weighted by Crippen LogP contribution is -2.65. The highest BCUT2D eigenvalue weighted by atomic mass is 19.4. The van der Waals surface area contributed by atoms with Crippen molar-refractivity contribution in [2.24, 2.45) is 5.92 Å². The van der Waals surface area contributed by atoms with Crippen LogP contribution in [0.25, 0.3) is 39.1 Å². The molecule has 4 heterocycles. The van der Waals surface area contributed by atoms with Crippen LogP contribution in [0.1, 0.15) is 57.7 Å². The molecule has 0 bridgehead atoms. The first-order valence-electron chi connectivity index (χ1n) is 15.7. The van der Waals surface area contributed by atoms with Crippen molar-refractivity contribution >= 4 is 28.5 Å². The van der Waals surface area contributed by atoms with Gasteiger partial charge in [-0.3, -0.25) is 14.5 Å². The van der Waals surface area contributed by atoms with E-state index in [4.69, 9.17) is 4.98 Å². The molecule has 2 amide bonds. The lowest BCUT2D eigenvalue weighted by atomic mass is 9.58. The molecule has 1 N–H and O–H groups in total. The maximum Gasteiger partial charge on any atom is 0.435 e. The van der Waals surface area contributed by atoms with Gasteiger partial charge < -0.3 is 5.11 Å². The Labute approximate surface area is 271 Å². The number of aromatic nitrogens is 4. The molecule has 3 aromatic heterocycles. The number of hydrogen-bond donors (Lipinski definition) is 1. The van der Waals surface area contributed by atoms with Gasteiger partial charge in [-0.2, -0.15) is 22.8 Å². The molecular formula is C37H26F3N5O3. The van der Waals surface area contributed by atoms with Crippen LogP contribution in [0, 0.1) is 5.92 Å². The first-order chi connectivity index (χ1) is 23.1. The Kier molecular flexibility index (Phi) is 5.88. The Morgan fingerprint density at radius 3 is 2.06 bits per heavy atom. The summed E-state index contributed by atoms with van der Waals surface area (Å²) in [5.41, 5.74) is 1.33. The van der Waals surface area contributed by atoms with Gasteiger partial charge in [0.15, 0.2) is 17.0 Å². The van der Waals surface area contributed by atoms with Gasteiger partial charge in [0.1, 0.15) is 0 Å². The Hall–Kier alpha value is -5.42. The number of carbonyl (C=O) groups is 2. The monoisotopic (exact) mass is 645 g/mol. The van der Waals surface area contributed by atoms with E-state index in [0.29, 0.717) is 33.3 Å². The molecule has 6 aromatic rings. The van der Waals surface area contributed by atoms with Crippen LogP contribution < -0.4 is 0 Å². The first kappa shape index (κ1) is 28.8. The van der Waals surface area contributed by atoms with E-state index in [1.807, 2.05) is 60.7 Å². The molecular weight excluding hydrogens is 619 g/mol. The van der Waals surface area contributed by atoms with Gasteiger partial charge in [0.05, 0.1) is 28.0 Å². The van der Waals surface area contributed by atoms with Crippen LogP contribution in [-0.4, -0.2) is 47.0 Å². The Morgan fingerprint density at radius 2 is 1.44 bits per heavy atom. The second-order valence-electron chi connectivity index (χ2n) is 13.1. The number of aliphatic hydroxyl groups is 1. The minimum atomic E-state index is -4.65. The van der Waals surface area contributed by atoms with Crippen molar-refractivity contribution in [1.29, 1.82) is 0 Å². The summed E-state index contributed by atoms with van der Waals surface area (Å²) >= 11 is 0. The van der Waals surface area contributed by atoms with Crippen molar-refractivity contribution in [3.05, 3.63) is 120 Å². The van der Waals surface area contributed by atoms with Crippen LogP contribution in [0.4, 0.5) is 13.2 Å². The number of hydrogen-bond acceptors (Lipinski definition) is 6. The highest BCUT2D eigenvalue weighted by Gasteiger charge is 2.66. The van der Waals surface area contributed by atoms with Gasteiger partial charge in [-0.05, 0) is 48.1 Å². The van der Waals surface area contributed by atoms with Crippen molar-refractivity contribution in [2.75, 3.05) is 0 Å². The van der Waals surface area contributed by atoms with Gasteiger partial charge >= 0.3 is 6.18 Å². The fourth-order valence-corrected chi connectivity index (χ4v) is 7.61. The highest BCUT2D eigenvalue weighted by Crippen LogP contribution is 2.61. The van der Waals surface area contributed by atoms with Crippen LogP contribution in [-0.2, 0) is 11.7 Å². The number of carbonyl (C=O) groups excluding carboxylic acids is 2. The van der Waals surface area contributed by atoms with Gasteiger partial charge in [-0.1, -0.05) is 66.7 Å². The molecule has 2 aliphatic carbocycles. The Morgan fingerprint density at radius 1 is 0.792 bits per heavy atom. The molecule has 0 spiro atoms. The van der Waals surface area contributed by atoms with E-state index in [-0.39, 0.29) is 41.9 Å². The van der Waals surface area contributed by atoms with E-state index in [1.165, 1.54) is 11.1 Å². The Balaban J connectivity index is 1.18. The molecule has 0 radical (unpaired) electrons. The molecule has 9 rings (SSSR count). The van der Waals surface area contributed by atoms with E-state index in [2.05, 4.69) is 10.1 Å². The number of benzene rings is 3. The average Bonchev–Trinajstić information content (AvgIpc) is 3.79. The highest BCUT2D eigenvalue weighted by molar-refractivity contribution is 6.22. The number of nitrogens with zero attached hydrogens (tertiary/aromatic N) is 5. The third-order valence-electron chi connectivity index (χ3n) is 10.1. The Bertz CT molecular complexity index is 2270. The molecule has 48 heavy (non-hydrogen) atoms. The van der Waals surface area contributed by atoms with Crippen LogP contribution in [0.2, 0.25) is 0 Å². The fraction of sp³-hybridized carbons (Fsp3) is 0.216. The van der Waals surface area contributed by atoms with Gasteiger partial charge in [-0.15, -0.1) is 0 Å². The predicted molar refractivity (Wildman–Crippen MR) is 170 cm³/mol. The molecule has 2 saturated carbocycles. The lowest BCUT2D eigenvalue weighted by molar-refractivity contribution is -0.144. The summed E-state index contributed by atoms with van der Waals surface area (Å²) in [6.07, 6.45) is -0.858. The van der Waals surface area contributed by atoms with E-state index < -0.39 is 23.0 Å². The molecule has 3 aromatic carbocycles. The third kappa shape index (κ3) is 4.16. The molecule has 0 unspecified atom stereocenters. The zero-order valence-electron chi connectivity index (χ0n) is 25.3.